The lowest BCUT2D eigenvalue weighted by atomic mass is 9.96. The number of benzene rings is 2. The van der Waals surface area contributed by atoms with E-state index in [2.05, 4.69) is 5.32 Å². The summed E-state index contributed by atoms with van der Waals surface area (Å²) in [4.78, 5) is 53.7. The maximum atomic E-state index is 13.6. The molecule has 3 aromatic rings. The summed E-state index contributed by atoms with van der Waals surface area (Å²) in [5.41, 5.74) is 7.03. The number of nitrogens with one attached hydrogen (secondary N) is 1. The third-order valence-corrected chi connectivity index (χ3v) is 8.21. The molecule has 1 fully saturated rings. The Kier molecular flexibility index (Phi) is 7.11. The summed E-state index contributed by atoms with van der Waals surface area (Å²) in [7, 11) is 0. The standard InChI is InChI=1S/C27H23N3O5S2/c28-24(32)19-15-37-26-21(29-20(31)14-18-12-7-13-36-18)25(33)30(26)22(19)27(34)35-23(16-8-3-1-4-9-16)17-10-5-2-6-11-17/h1-13,15,21-23,26H,14H2,(H2,28,32)(H,29,31)/t21?,22?,26-/m1/s1. The first-order valence-corrected chi connectivity index (χ1v) is 13.4. The van der Waals surface area contributed by atoms with Crippen LogP contribution in [-0.2, 0) is 30.3 Å². The van der Waals surface area contributed by atoms with E-state index in [1.54, 1.807) is 0 Å². The first-order chi connectivity index (χ1) is 17.9. The second-order valence-electron chi connectivity index (χ2n) is 8.55. The fraction of sp³-hybridized carbons (Fsp3) is 0.185. The molecule has 3 atom stereocenters. The van der Waals surface area contributed by atoms with Crippen LogP contribution in [0.2, 0.25) is 0 Å². The van der Waals surface area contributed by atoms with Gasteiger partial charge < -0.3 is 20.7 Å². The number of β-lactam (4-membered cyclic amide) rings is 1. The van der Waals surface area contributed by atoms with Crippen LogP contribution in [0.1, 0.15) is 22.1 Å². The summed E-state index contributed by atoms with van der Waals surface area (Å²) in [6.45, 7) is 0. The van der Waals surface area contributed by atoms with E-state index in [1.165, 1.54) is 33.4 Å². The molecule has 0 aliphatic carbocycles. The summed E-state index contributed by atoms with van der Waals surface area (Å²) >= 11 is 2.62. The lowest BCUT2D eigenvalue weighted by molar-refractivity contribution is -0.165. The fourth-order valence-electron chi connectivity index (χ4n) is 4.39. The van der Waals surface area contributed by atoms with Crippen LogP contribution in [0.4, 0.5) is 0 Å². The van der Waals surface area contributed by atoms with Gasteiger partial charge in [-0.2, -0.15) is 0 Å². The van der Waals surface area contributed by atoms with Crippen LogP contribution in [0, 0.1) is 0 Å². The number of hydrogen-bond acceptors (Lipinski definition) is 7. The number of amides is 3. The van der Waals surface area contributed by atoms with Crippen molar-refractivity contribution in [2.75, 3.05) is 0 Å². The maximum Gasteiger partial charge on any atom is 0.334 e. The van der Waals surface area contributed by atoms with Crippen molar-refractivity contribution >= 4 is 46.8 Å². The van der Waals surface area contributed by atoms with Crippen molar-refractivity contribution in [1.82, 2.24) is 10.2 Å². The lowest BCUT2D eigenvalue weighted by Crippen LogP contribution is -2.74. The number of fused-ring (bicyclic) bond motifs is 1. The third-order valence-electron chi connectivity index (χ3n) is 6.16. The Bertz CT molecular complexity index is 1310. The number of rotatable bonds is 8. The molecule has 0 spiro atoms. The largest absolute Gasteiger partial charge is 0.451 e. The minimum absolute atomic E-state index is 0.0252. The first-order valence-electron chi connectivity index (χ1n) is 11.5. The van der Waals surface area contributed by atoms with Gasteiger partial charge in [0.05, 0.1) is 12.0 Å². The molecule has 0 bridgehead atoms. The zero-order valence-electron chi connectivity index (χ0n) is 19.5. The Hall–Kier alpha value is -3.89. The highest BCUT2D eigenvalue weighted by Crippen LogP contribution is 2.41. The fourth-order valence-corrected chi connectivity index (χ4v) is 6.32. The molecule has 3 N–H and O–H groups in total. The van der Waals surface area contributed by atoms with Crippen LogP contribution in [0.3, 0.4) is 0 Å². The molecule has 2 aliphatic rings. The number of carbonyl (C=O) groups excluding carboxylic acids is 4. The number of thiophene rings is 1. The topological polar surface area (TPSA) is 119 Å². The van der Waals surface area contributed by atoms with Gasteiger partial charge in [-0.05, 0) is 28.0 Å². The van der Waals surface area contributed by atoms with Gasteiger partial charge in [-0.1, -0.05) is 66.7 Å². The van der Waals surface area contributed by atoms with Gasteiger partial charge in [-0.25, -0.2) is 4.79 Å². The van der Waals surface area contributed by atoms with Gasteiger partial charge in [-0.15, -0.1) is 23.1 Å². The Balaban J connectivity index is 1.38. The van der Waals surface area contributed by atoms with Crippen molar-refractivity contribution in [3.63, 3.8) is 0 Å². The molecule has 3 amide bonds. The normalized spacial score (nSPS) is 20.5. The second kappa shape index (κ2) is 10.6. The monoisotopic (exact) mass is 533 g/mol. The molecule has 0 saturated carbocycles. The van der Waals surface area contributed by atoms with Crippen molar-refractivity contribution in [2.24, 2.45) is 5.73 Å². The van der Waals surface area contributed by atoms with Crippen LogP contribution < -0.4 is 11.1 Å². The molecule has 8 nitrogen and oxygen atoms in total. The molecule has 2 aliphatic heterocycles. The summed E-state index contributed by atoms with van der Waals surface area (Å²) in [6.07, 6.45) is -0.600. The summed E-state index contributed by atoms with van der Waals surface area (Å²) in [5.74, 6) is -2.36. The minimum atomic E-state index is -1.31. The zero-order valence-corrected chi connectivity index (χ0v) is 21.1. The zero-order chi connectivity index (χ0) is 25.9. The molecule has 2 aromatic carbocycles. The average molecular weight is 534 g/mol. The highest BCUT2D eigenvalue weighted by atomic mass is 32.2. The summed E-state index contributed by atoms with van der Waals surface area (Å²) < 4.78 is 5.95. The molecule has 2 unspecified atom stereocenters. The number of esters is 1. The van der Waals surface area contributed by atoms with E-state index in [9.17, 15) is 19.2 Å². The van der Waals surface area contributed by atoms with Crippen molar-refractivity contribution in [3.8, 4) is 0 Å². The van der Waals surface area contributed by atoms with Gasteiger partial charge in [0, 0.05) is 4.88 Å². The summed E-state index contributed by atoms with van der Waals surface area (Å²) in [5, 5.41) is 5.56. The molecule has 37 heavy (non-hydrogen) atoms. The van der Waals surface area contributed by atoms with Crippen LogP contribution >= 0.6 is 23.1 Å². The predicted octanol–water partition coefficient (Wildman–Crippen LogP) is 2.76. The Morgan fingerprint density at radius 2 is 1.62 bits per heavy atom. The van der Waals surface area contributed by atoms with Crippen LogP contribution in [-0.4, -0.2) is 46.0 Å². The number of thioether (sulfide) groups is 1. The van der Waals surface area contributed by atoms with E-state index in [0.29, 0.717) is 0 Å². The Labute approximate surface area is 221 Å². The average Bonchev–Trinajstić information content (AvgIpc) is 3.43. The van der Waals surface area contributed by atoms with Crippen LogP contribution in [0.25, 0.3) is 0 Å². The molecule has 3 heterocycles. The van der Waals surface area contributed by atoms with Gasteiger partial charge in [0.2, 0.25) is 17.7 Å². The molecule has 5 rings (SSSR count). The number of hydrogen-bond donors (Lipinski definition) is 2. The third kappa shape index (κ3) is 5.03. The molecule has 1 aromatic heterocycles. The van der Waals surface area contributed by atoms with E-state index in [1.807, 2.05) is 78.2 Å². The highest BCUT2D eigenvalue weighted by Gasteiger charge is 2.57. The Morgan fingerprint density at radius 1 is 0.973 bits per heavy atom. The van der Waals surface area contributed by atoms with E-state index in [4.69, 9.17) is 10.5 Å². The number of primary amides is 1. The Morgan fingerprint density at radius 3 is 2.19 bits per heavy atom. The SMILES string of the molecule is NC(=O)C1=CS[C@@H]2C(NC(=O)Cc3cccs3)C(=O)N2C1C(=O)OC(c1ccccc1)c1ccccc1. The van der Waals surface area contributed by atoms with Crippen molar-refractivity contribution in [3.05, 3.63) is 105 Å². The molecular formula is C27H23N3O5S2. The van der Waals surface area contributed by atoms with Crippen molar-refractivity contribution < 1.29 is 23.9 Å². The van der Waals surface area contributed by atoms with Gasteiger partial charge in [0.25, 0.3) is 0 Å². The van der Waals surface area contributed by atoms with E-state index < -0.39 is 41.3 Å². The maximum absolute atomic E-state index is 13.6. The van der Waals surface area contributed by atoms with Gasteiger partial charge in [0.1, 0.15) is 11.4 Å². The molecule has 188 valence electrons. The smallest absolute Gasteiger partial charge is 0.334 e. The van der Waals surface area contributed by atoms with E-state index in [0.717, 1.165) is 16.0 Å². The molecule has 10 heteroatoms. The first kappa shape index (κ1) is 24.8. The van der Waals surface area contributed by atoms with Crippen molar-refractivity contribution in [1.29, 1.82) is 0 Å². The van der Waals surface area contributed by atoms with E-state index >= 15 is 0 Å². The summed E-state index contributed by atoms with van der Waals surface area (Å²) in [6, 6.07) is 20.0. The molecule has 0 radical (unpaired) electrons. The molecular weight excluding hydrogens is 510 g/mol. The van der Waals surface area contributed by atoms with Gasteiger partial charge >= 0.3 is 5.97 Å². The van der Waals surface area contributed by atoms with E-state index in [-0.39, 0.29) is 17.9 Å². The van der Waals surface area contributed by atoms with Gasteiger partial charge in [-0.3, -0.25) is 14.4 Å². The van der Waals surface area contributed by atoms with Crippen LogP contribution in [0.15, 0.2) is 89.2 Å². The quantitative estimate of drug-likeness (QED) is 0.340. The highest BCUT2D eigenvalue weighted by molar-refractivity contribution is 8.03. The number of carbonyl (C=O) groups is 4. The molecule has 1 saturated heterocycles. The minimum Gasteiger partial charge on any atom is -0.451 e. The number of ether oxygens (including phenoxy) is 1. The van der Waals surface area contributed by atoms with Crippen molar-refractivity contribution in [2.45, 2.75) is 30.0 Å². The number of nitrogens with two attached hydrogens (primary N) is 1. The second-order valence-corrected chi connectivity index (χ2v) is 10.6. The number of nitrogens with zero attached hydrogens (tertiary/aromatic N) is 1. The van der Waals surface area contributed by atoms with Crippen LogP contribution in [0.5, 0.6) is 0 Å². The predicted molar refractivity (Wildman–Crippen MR) is 140 cm³/mol. The van der Waals surface area contributed by atoms with Gasteiger partial charge in [0.15, 0.2) is 12.1 Å². The lowest BCUT2D eigenvalue weighted by Gasteiger charge is -2.51.